The van der Waals surface area contributed by atoms with Crippen LogP contribution in [-0.4, -0.2) is 6.21 Å². The van der Waals surface area contributed by atoms with Crippen LogP contribution >= 0.6 is 0 Å². The van der Waals surface area contributed by atoms with E-state index in [-0.39, 0.29) is 0 Å². The van der Waals surface area contributed by atoms with Gasteiger partial charge in [-0.25, -0.2) is 0 Å². The van der Waals surface area contributed by atoms with Gasteiger partial charge in [-0.3, -0.25) is 4.99 Å². The number of aliphatic imine (C=N–C) groups is 1. The van der Waals surface area contributed by atoms with Crippen LogP contribution in [0, 0.1) is 0 Å². The second kappa shape index (κ2) is 8.98. The highest BCUT2D eigenvalue weighted by Crippen LogP contribution is 2.09. The average Bonchev–Trinajstić information content (AvgIpc) is 2.23. The Morgan fingerprint density at radius 3 is 2.62 bits per heavy atom. The Bertz CT molecular complexity index is 219. The molecule has 1 rings (SSSR count). The topological polar surface area (TPSA) is 12.4 Å². The fraction of sp³-hybridized carbons (Fsp3) is 0.417. The van der Waals surface area contributed by atoms with E-state index in [2.05, 4.69) is 23.2 Å². The van der Waals surface area contributed by atoms with Crippen LogP contribution in [-0.2, 0) is 0 Å². The van der Waals surface area contributed by atoms with Crippen LogP contribution in [0.2, 0.25) is 0 Å². The first-order chi connectivity index (χ1) is 6.43. The summed E-state index contributed by atoms with van der Waals surface area (Å²) in [6, 6.07) is 0. The molecule has 1 aliphatic rings. The van der Waals surface area contributed by atoms with Gasteiger partial charge in [0.15, 0.2) is 0 Å². The van der Waals surface area contributed by atoms with E-state index >= 15 is 0 Å². The first-order valence-electron chi connectivity index (χ1n) is 4.95. The third-order valence-corrected chi connectivity index (χ3v) is 1.48. The largest absolute Gasteiger partial charge is 0.257 e. The van der Waals surface area contributed by atoms with E-state index in [1.165, 1.54) is 0 Å². The van der Waals surface area contributed by atoms with Gasteiger partial charge < -0.3 is 0 Å². The van der Waals surface area contributed by atoms with E-state index < -0.39 is 0 Å². The zero-order chi connectivity index (χ0) is 9.94. The zero-order valence-electron chi connectivity index (χ0n) is 8.83. The van der Waals surface area contributed by atoms with Crippen molar-refractivity contribution in [2.45, 2.75) is 33.6 Å². The maximum atomic E-state index is 4.24. The predicted molar refractivity (Wildman–Crippen MR) is 61.1 cm³/mol. The second-order valence-electron chi connectivity index (χ2n) is 2.41. The van der Waals surface area contributed by atoms with Crippen LogP contribution in [0.15, 0.2) is 41.1 Å². The maximum Gasteiger partial charge on any atom is 0.0586 e. The standard InChI is InChI=1S/C10H13N.C2H6/c1-2-3-9-11-10-7-5-4-6-8-10;1-2/h2-3,5,7-9H,4,6H2,1H3;1-2H3/b3-2+,11-9?;. The van der Waals surface area contributed by atoms with Gasteiger partial charge in [-0.15, -0.1) is 0 Å². The van der Waals surface area contributed by atoms with E-state index in [4.69, 9.17) is 0 Å². The van der Waals surface area contributed by atoms with Crippen LogP contribution in [0.1, 0.15) is 33.6 Å². The monoisotopic (exact) mass is 177 g/mol. The van der Waals surface area contributed by atoms with E-state index in [0.717, 1.165) is 18.5 Å². The van der Waals surface area contributed by atoms with Crippen molar-refractivity contribution in [1.82, 2.24) is 0 Å². The molecule has 0 atom stereocenters. The molecule has 1 aliphatic carbocycles. The Morgan fingerprint density at radius 2 is 2.08 bits per heavy atom. The van der Waals surface area contributed by atoms with Crippen molar-refractivity contribution in [3.8, 4) is 0 Å². The number of hydrogen-bond donors (Lipinski definition) is 0. The fourth-order valence-corrected chi connectivity index (χ4v) is 0.910. The van der Waals surface area contributed by atoms with Crippen molar-refractivity contribution in [2.75, 3.05) is 0 Å². The molecule has 0 saturated carbocycles. The summed E-state index contributed by atoms with van der Waals surface area (Å²) in [7, 11) is 0. The summed E-state index contributed by atoms with van der Waals surface area (Å²) in [6.45, 7) is 5.98. The molecule has 0 fully saturated rings. The summed E-state index contributed by atoms with van der Waals surface area (Å²) >= 11 is 0. The van der Waals surface area contributed by atoms with Crippen LogP contribution in [0.25, 0.3) is 0 Å². The summed E-state index contributed by atoms with van der Waals surface area (Å²) in [5, 5.41) is 0. The van der Waals surface area contributed by atoms with Gasteiger partial charge in [-0.1, -0.05) is 32.1 Å². The molecule has 13 heavy (non-hydrogen) atoms. The smallest absolute Gasteiger partial charge is 0.0586 e. The van der Waals surface area contributed by atoms with E-state index in [1.807, 2.05) is 39.1 Å². The van der Waals surface area contributed by atoms with Gasteiger partial charge >= 0.3 is 0 Å². The lowest BCUT2D eigenvalue weighted by molar-refractivity contribution is 1.01. The fourth-order valence-electron chi connectivity index (χ4n) is 0.910. The highest BCUT2D eigenvalue weighted by atomic mass is 14.7. The summed E-state index contributed by atoms with van der Waals surface area (Å²) in [5.74, 6) is 0. The van der Waals surface area contributed by atoms with Crippen LogP contribution in [0.3, 0.4) is 0 Å². The summed E-state index contributed by atoms with van der Waals surface area (Å²) in [4.78, 5) is 4.24. The molecule has 0 spiro atoms. The molecule has 1 heteroatoms. The first kappa shape index (κ1) is 11.9. The van der Waals surface area contributed by atoms with E-state index in [0.29, 0.717) is 0 Å². The Kier molecular flexibility index (Phi) is 8.21. The molecule has 0 radical (unpaired) electrons. The number of rotatable bonds is 2. The zero-order valence-corrected chi connectivity index (χ0v) is 8.83. The third kappa shape index (κ3) is 6.09. The van der Waals surface area contributed by atoms with Crippen molar-refractivity contribution < 1.29 is 0 Å². The minimum Gasteiger partial charge on any atom is -0.257 e. The lowest BCUT2D eigenvalue weighted by Crippen LogP contribution is -1.80. The maximum absolute atomic E-state index is 4.24. The normalized spacial score (nSPS) is 15.8. The number of allylic oxidation sites excluding steroid dienone is 5. The molecule has 72 valence electrons. The lowest BCUT2D eigenvalue weighted by atomic mass is 10.1. The van der Waals surface area contributed by atoms with Crippen molar-refractivity contribution >= 4 is 6.21 Å². The molecule has 0 bridgehead atoms. The molecule has 0 aromatic carbocycles. The van der Waals surface area contributed by atoms with Crippen molar-refractivity contribution in [3.05, 3.63) is 36.1 Å². The Hall–Kier alpha value is -1.11. The molecule has 0 unspecified atom stereocenters. The molecule has 1 nitrogen and oxygen atoms in total. The highest BCUT2D eigenvalue weighted by molar-refractivity contribution is 5.72. The first-order valence-corrected chi connectivity index (χ1v) is 4.95. The Labute approximate surface area is 81.6 Å². The molecular formula is C12H19N. The van der Waals surface area contributed by atoms with Gasteiger partial charge in [0, 0.05) is 6.21 Å². The van der Waals surface area contributed by atoms with Crippen LogP contribution in [0.5, 0.6) is 0 Å². The molecule has 0 aromatic heterocycles. The molecule has 0 amide bonds. The molecule has 0 N–H and O–H groups in total. The van der Waals surface area contributed by atoms with Crippen molar-refractivity contribution in [2.24, 2.45) is 4.99 Å². The second-order valence-corrected chi connectivity index (χ2v) is 2.41. The highest BCUT2D eigenvalue weighted by Gasteiger charge is 1.91. The lowest BCUT2D eigenvalue weighted by Gasteiger charge is -1.98. The summed E-state index contributed by atoms with van der Waals surface area (Å²) in [5.41, 5.74) is 1.08. The number of hydrogen-bond acceptors (Lipinski definition) is 1. The molecule has 0 heterocycles. The molecule has 0 aliphatic heterocycles. The molecule has 0 aromatic rings. The average molecular weight is 177 g/mol. The van der Waals surface area contributed by atoms with E-state index in [9.17, 15) is 0 Å². The Balaban J connectivity index is 0.000000671. The van der Waals surface area contributed by atoms with Crippen molar-refractivity contribution in [3.63, 3.8) is 0 Å². The third-order valence-electron chi connectivity index (χ3n) is 1.48. The predicted octanol–water partition coefficient (Wildman–Crippen LogP) is 3.89. The van der Waals surface area contributed by atoms with E-state index in [1.54, 1.807) is 0 Å². The Morgan fingerprint density at radius 1 is 1.31 bits per heavy atom. The van der Waals surface area contributed by atoms with Gasteiger partial charge in [-0.05, 0) is 31.9 Å². The number of nitrogens with zero attached hydrogens (tertiary/aromatic N) is 1. The minimum absolute atomic E-state index is 1.08. The van der Waals surface area contributed by atoms with Gasteiger partial charge in [0.25, 0.3) is 0 Å². The minimum atomic E-state index is 1.08. The summed E-state index contributed by atoms with van der Waals surface area (Å²) < 4.78 is 0. The van der Waals surface area contributed by atoms with Gasteiger partial charge in [-0.2, -0.15) is 0 Å². The van der Waals surface area contributed by atoms with Crippen LogP contribution < -0.4 is 0 Å². The van der Waals surface area contributed by atoms with Crippen LogP contribution in [0.4, 0.5) is 0 Å². The van der Waals surface area contributed by atoms with Crippen molar-refractivity contribution in [1.29, 1.82) is 0 Å². The quantitative estimate of drug-likeness (QED) is 0.567. The van der Waals surface area contributed by atoms with Gasteiger partial charge in [0.2, 0.25) is 0 Å². The summed E-state index contributed by atoms with van der Waals surface area (Å²) in [6.07, 6.45) is 14.4. The molecular weight excluding hydrogens is 158 g/mol. The molecule has 0 saturated heterocycles. The van der Waals surface area contributed by atoms with Gasteiger partial charge in [0.05, 0.1) is 5.70 Å². The SMILES string of the molecule is C/C=C/C=NC1=CCCC=C1.CC. The van der Waals surface area contributed by atoms with Gasteiger partial charge in [0.1, 0.15) is 0 Å².